The van der Waals surface area contributed by atoms with Crippen molar-refractivity contribution < 1.29 is 0 Å². The van der Waals surface area contributed by atoms with Crippen molar-refractivity contribution in [3.8, 4) is 0 Å². The summed E-state index contributed by atoms with van der Waals surface area (Å²) < 4.78 is 0. The molecule has 0 bridgehead atoms. The largest absolute Gasteiger partial charge is 0.0891 e. The first-order chi connectivity index (χ1) is 4.33. The maximum atomic E-state index is 3.64. The van der Waals surface area contributed by atoms with Crippen LogP contribution in [0.3, 0.4) is 0 Å². The van der Waals surface area contributed by atoms with Gasteiger partial charge in [0.15, 0.2) is 0 Å². The summed E-state index contributed by atoms with van der Waals surface area (Å²) in [4.78, 5) is 0.834. The SMILES string of the molecule is CCC1CCC(Br)CC1. The van der Waals surface area contributed by atoms with Crippen LogP contribution in [0.1, 0.15) is 39.0 Å². The first-order valence-electron chi connectivity index (χ1n) is 3.97. The van der Waals surface area contributed by atoms with E-state index >= 15 is 0 Å². The molecule has 0 N–H and O–H groups in total. The monoisotopic (exact) mass is 190 g/mol. The fourth-order valence-corrected chi connectivity index (χ4v) is 2.06. The quantitative estimate of drug-likeness (QED) is 0.557. The topological polar surface area (TPSA) is 0 Å². The summed E-state index contributed by atoms with van der Waals surface area (Å²) >= 11 is 3.64. The van der Waals surface area contributed by atoms with Gasteiger partial charge in [-0.1, -0.05) is 29.3 Å². The van der Waals surface area contributed by atoms with Crippen molar-refractivity contribution in [2.24, 2.45) is 5.92 Å². The predicted octanol–water partition coefficient (Wildman–Crippen LogP) is 3.35. The van der Waals surface area contributed by atoms with Crippen LogP contribution in [0.2, 0.25) is 0 Å². The second kappa shape index (κ2) is 3.60. The van der Waals surface area contributed by atoms with E-state index in [0.29, 0.717) is 0 Å². The van der Waals surface area contributed by atoms with Gasteiger partial charge in [0, 0.05) is 4.83 Å². The highest BCUT2D eigenvalue weighted by Gasteiger charge is 2.16. The zero-order chi connectivity index (χ0) is 6.69. The van der Waals surface area contributed by atoms with Crippen LogP contribution in [0.15, 0.2) is 0 Å². The highest BCUT2D eigenvalue weighted by atomic mass is 79.9. The fourth-order valence-electron chi connectivity index (χ4n) is 1.53. The highest BCUT2D eigenvalue weighted by Crippen LogP contribution is 2.29. The Hall–Kier alpha value is 0.480. The first-order valence-corrected chi connectivity index (χ1v) is 4.88. The van der Waals surface area contributed by atoms with Crippen molar-refractivity contribution >= 4 is 15.9 Å². The minimum atomic E-state index is 0.834. The lowest BCUT2D eigenvalue weighted by molar-refractivity contribution is 0.359. The summed E-state index contributed by atoms with van der Waals surface area (Å²) in [5.41, 5.74) is 0. The zero-order valence-electron chi connectivity index (χ0n) is 6.07. The van der Waals surface area contributed by atoms with Gasteiger partial charge in [0.1, 0.15) is 0 Å². The van der Waals surface area contributed by atoms with Gasteiger partial charge in [-0.2, -0.15) is 0 Å². The molecule has 0 aromatic carbocycles. The zero-order valence-corrected chi connectivity index (χ0v) is 7.65. The molecule has 0 aliphatic heterocycles. The third-order valence-electron chi connectivity index (χ3n) is 2.35. The molecule has 0 unspecified atom stereocenters. The van der Waals surface area contributed by atoms with Crippen LogP contribution in [-0.2, 0) is 0 Å². The number of hydrogen-bond donors (Lipinski definition) is 0. The first kappa shape index (κ1) is 7.59. The lowest BCUT2D eigenvalue weighted by Crippen LogP contribution is -2.12. The van der Waals surface area contributed by atoms with E-state index in [0.717, 1.165) is 10.7 Å². The molecule has 0 atom stereocenters. The molecule has 0 amide bonds. The van der Waals surface area contributed by atoms with E-state index in [1.165, 1.54) is 32.1 Å². The summed E-state index contributed by atoms with van der Waals surface area (Å²) in [6, 6.07) is 0. The molecular weight excluding hydrogens is 176 g/mol. The van der Waals surface area contributed by atoms with E-state index in [2.05, 4.69) is 22.9 Å². The highest BCUT2D eigenvalue weighted by molar-refractivity contribution is 9.09. The molecule has 0 spiro atoms. The lowest BCUT2D eigenvalue weighted by atomic mass is 9.88. The summed E-state index contributed by atoms with van der Waals surface area (Å²) in [5.74, 6) is 1.04. The Bertz CT molecular complexity index is 72.6. The van der Waals surface area contributed by atoms with Crippen molar-refractivity contribution in [2.45, 2.75) is 43.9 Å². The predicted molar refractivity (Wildman–Crippen MR) is 45.0 cm³/mol. The third kappa shape index (κ3) is 2.29. The number of hydrogen-bond acceptors (Lipinski definition) is 0. The molecule has 0 nitrogen and oxygen atoms in total. The summed E-state index contributed by atoms with van der Waals surface area (Å²) in [5, 5.41) is 0. The lowest BCUT2D eigenvalue weighted by Gasteiger charge is -2.23. The molecule has 0 aromatic heterocycles. The van der Waals surface area contributed by atoms with Crippen LogP contribution in [0.5, 0.6) is 0 Å². The average molecular weight is 191 g/mol. The molecule has 1 aliphatic rings. The molecule has 0 heterocycles. The van der Waals surface area contributed by atoms with Gasteiger partial charge in [-0.05, 0) is 31.6 Å². The van der Waals surface area contributed by atoms with Crippen molar-refractivity contribution in [2.75, 3.05) is 0 Å². The maximum absolute atomic E-state index is 3.64. The molecule has 1 heteroatoms. The molecule has 0 radical (unpaired) electrons. The van der Waals surface area contributed by atoms with Crippen LogP contribution < -0.4 is 0 Å². The number of alkyl halides is 1. The Morgan fingerprint density at radius 3 is 2.22 bits per heavy atom. The van der Waals surface area contributed by atoms with Gasteiger partial charge < -0.3 is 0 Å². The Kier molecular flexibility index (Phi) is 3.03. The van der Waals surface area contributed by atoms with Crippen molar-refractivity contribution in [1.82, 2.24) is 0 Å². The normalized spacial score (nSPS) is 36.7. The average Bonchev–Trinajstić information content (AvgIpc) is 1.90. The third-order valence-corrected chi connectivity index (χ3v) is 3.27. The molecule has 1 aliphatic carbocycles. The van der Waals surface area contributed by atoms with Gasteiger partial charge in [-0.15, -0.1) is 0 Å². The van der Waals surface area contributed by atoms with Crippen molar-refractivity contribution in [3.63, 3.8) is 0 Å². The molecule has 1 saturated carbocycles. The van der Waals surface area contributed by atoms with Crippen molar-refractivity contribution in [1.29, 1.82) is 0 Å². The van der Waals surface area contributed by atoms with E-state index in [9.17, 15) is 0 Å². The molecular formula is C8H15Br. The van der Waals surface area contributed by atoms with Crippen LogP contribution >= 0.6 is 15.9 Å². The van der Waals surface area contributed by atoms with Gasteiger partial charge in [-0.3, -0.25) is 0 Å². The second-order valence-corrected chi connectivity index (χ2v) is 4.32. The Labute approximate surface area is 66.2 Å². The van der Waals surface area contributed by atoms with Gasteiger partial charge >= 0.3 is 0 Å². The Morgan fingerprint density at radius 2 is 1.78 bits per heavy atom. The van der Waals surface area contributed by atoms with Crippen molar-refractivity contribution in [3.05, 3.63) is 0 Å². The van der Waals surface area contributed by atoms with Crippen LogP contribution in [0, 0.1) is 5.92 Å². The maximum Gasteiger partial charge on any atom is 0.0146 e. The van der Waals surface area contributed by atoms with Crippen LogP contribution in [0.4, 0.5) is 0 Å². The molecule has 1 rings (SSSR count). The molecule has 0 aromatic rings. The minimum Gasteiger partial charge on any atom is -0.0891 e. The Balaban J connectivity index is 2.18. The number of rotatable bonds is 1. The van der Waals surface area contributed by atoms with Crippen LogP contribution in [0.25, 0.3) is 0 Å². The van der Waals surface area contributed by atoms with E-state index in [1.54, 1.807) is 0 Å². The minimum absolute atomic E-state index is 0.834. The molecule has 1 fully saturated rings. The molecule has 54 valence electrons. The van der Waals surface area contributed by atoms with Gasteiger partial charge in [0.25, 0.3) is 0 Å². The second-order valence-electron chi connectivity index (χ2n) is 3.03. The standard InChI is InChI=1S/C8H15Br/c1-2-7-3-5-8(9)6-4-7/h7-8H,2-6H2,1H3. The summed E-state index contributed by atoms with van der Waals surface area (Å²) in [7, 11) is 0. The van der Waals surface area contributed by atoms with Crippen LogP contribution in [-0.4, -0.2) is 4.83 Å². The Morgan fingerprint density at radius 1 is 1.22 bits per heavy atom. The molecule has 0 saturated heterocycles. The van der Waals surface area contributed by atoms with E-state index in [1.807, 2.05) is 0 Å². The smallest absolute Gasteiger partial charge is 0.0146 e. The van der Waals surface area contributed by atoms with E-state index in [-0.39, 0.29) is 0 Å². The van der Waals surface area contributed by atoms with Gasteiger partial charge in [-0.25, -0.2) is 0 Å². The summed E-state index contributed by atoms with van der Waals surface area (Å²) in [6.07, 6.45) is 7.09. The summed E-state index contributed by atoms with van der Waals surface area (Å²) in [6.45, 7) is 2.30. The van der Waals surface area contributed by atoms with E-state index in [4.69, 9.17) is 0 Å². The number of halogens is 1. The van der Waals surface area contributed by atoms with Gasteiger partial charge in [0.05, 0.1) is 0 Å². The van der Waals surface area contributed by atoms with E-state index < -0.39 is 0 Å². The molecule has 9 heavy (non-hydrogen) atoms. The fraction of sp³-hybridized carbons (Fsp3) is 1.00. The van der Waals surface area contributed by atoms with Gasteiger partial charge in [0.2, 0.25) is 0 Å².